The number of ketones is 4. The largest absolute Gasteiger partial charge is 0.381 e. The Morgan fingerprint density at radius 1 is 0.373 bits per heavy atom. The molecule has 4 aliphatic rings. The third-order valence-electron chi connectivity index (χ3n) is 18.6. The number of morpholine rings is 2. The average Bonchev–Trinajstić information content (AvgIpc) is 1.81. The van der Waals surface area contributed by atoms with Gasteiger partial charge in [0.05, 0.1) is 81.8 Å². The summed E-state index contributed by atoms with van der Waals surface area (Å²) in [5.74, 6) is 1.31. The second kappa shape index (κ2) is 39.9. The number of ether oxygens (including phenoxy) is 3. The van der Waals surface area contributed by atoms with Gasteiger partial charge in [0.2, 0.25) is 0 Å². The summed E-state index contributed by atoms with van der Waals surface area (Å²) in [5, 5.41) is 7.05. The number of aromatic nitrogens is 11. The predicted molar refractivity (Wildman–Crippen MR) is 433 cm³/mol. The number of pyridine rings is 5. The van der Waals surface area contributed by atoms with Gasteiger partial charge in [-0.3, -0.25) is 74.0 Å². The van der Waals surface area contributed by atoms with E-state index in [1.165, 1.54) is 19.9 Å². The molecular formula is C84H87N15O7S4. The molecule has 2 unspecified atom stereocenters. The summed E-state index contributed by atoms with van der Waals surface area (Å²) >= 11 is 6.88. The van der Waals surface area contributed by atoms with Crippen molar-refractivity contribution in [2.75, 3.05) is 93.5 Å². The lowest BCUT2D eigenvalue weighted by atomic mass is 9.99. The maximum Gasteiger partial charge on any atom is 0.144 e. The van der Waals surface area contributed by atoms with E-state index in [1.54, 1.807) is 132 Å². The van der Waals surface area contributed by atoms with Crippen molar-refractivity contribution in [2.24, 2.45) is 0 Å². The topological polar surface area (TPSA) is 260 Å². The lowest BCUT2D eigenvalue weighted by molar-refractivity contribution is -0.118. The number of nitrogens with one attached hydrogen (secondary N) is 1. The molecule has 4 aliphatic heterocycles. The lowest BCUT2D eigenvalue weighted by Crippen LogP contribution is -2.45. The Labute approximate surface area is 656 Å². The minimum absolute atomic E-state index is 0.171. The van der Waals surface area contributed by atoms with Gasteiger partial charge in [-0.05, 0) is 142 Å². The maximum absolute atomic E-state index is 12.5. The molecule has 0 spiro atoms. The van der Waals surface area contributed by atoms with Gasteiger partial charge in [0.15, 0.2) is 0 Å². The number of piperazine rings is 1. The SMILES string of the molecule is CC1CN(c2ccc(CC(=O)Cc3ccc(-c4ccccn4)cn3)s2)CC(C)O1.O=C(Cc1ccc(-c2cnccn2)cn1)Cc1ccc(C2CCOCC2)s1.O=C(Cc1ccc(-c2cnccn2)cn1)Cc1ccc(N2CCNCC2)s1.O=C(Cc1ccc(-c2cnccn2)cn1)Cc1ccc(N2CCOCC2)s1. The van der Waals surface area contributed by atoms with Crippen LogP contribution in [-0.4, -0.2) is 169 Å². The second-order valence-electron chi connectivity index (χ2n) is 27.1. The summed E-state index contributed by atoms with van der Waals surface area (Å²) in [6.07, 6.45) is 29.6. The molecule has 2 atom stereocenters. The molecule has 0 amide bonds. The number of hydrogen-bond acceptors (Lipinski definition) is 26. The third-order valence-corrected chi connectivity index (χ3v) is 23.3. The fourth-order valence-electron chi connectivity index (χ4n) is 13.0. The molecule has 0 bridgehead atoms. The molecule has 1 N–H and O–H groups in total. The van der Waals surface area contributed by atoms with Crippen LogP contribution in [0.15, 0.2) is 202 Å². The Bertz CT molecular complexity index is 4480. The van der Waals surface area contributed by atoms with E-state index in [0.717, 1.165) is 179 Å². The summed E-state index contributed by atoms with van der Waals surface area (Å²) < 4.78 is 16.6. The third kappa shape index (κ3) is 23.4. The number of thiophene rings is 4. The first kappa shape index (κ1) is 77.9. The van der Waals surface area contributed by atoms with Gasteiger partial charge in [-0.15, -0.1) is 45.3 Å². The van der Waals surface area contributed by atoms with Crippen LogP contribution in [0.2, 0.25) is 0 Å². The van der Waals surface area contributed by atoms with Crippen molar-refractivity contribution in [1.82, 2.24) is 60.1 Å². The molecule has 26 heteroatoms. The minimum atomic E-state index is 0.171. The number of nitrogens with zero attached hydrogens (tertiary/aromatic N) is 14. The van der Waals surface area contributed by atoms with Crippen molar-refractivity contribution in [3.05, 3.63) is 249 Å². The first-order chi connectivity index (χ1) is 53.9. The Balaban J connectivity index is 0.000000129. The van der Waals surface area contributed by atoms with Crippen LogP contribution in [0.1, 0.15) is 79.8 Å². The zero-order valence-electron chi connectivity index (χ0n) is 61.6. The number of hydrogen-bond donors (Lipinski definition) is 1. The van der Waals surface area contributed by atoms with Crippen LogP contribution in [-0.2, 0) is 84.8 Å². The first-order valence-corrected chi connectivity index (χ1v) is 40.3. The number of rotatable bonds is 24. The van der Waals surface area contributed by atoms with Gasteiger partial charge >= 0.3 is 0 Å². The van der Waals surface area contributed by atoms with E-state index in [9.17, 15) is 19.2 Å². The van der Waals surface area contributed by atoms with Crippen LogP contribution in [0.3, 0.4) is 0 Å². The monoisotopic (exact) mass is 1550 g/mol. The first-order valence-electron chi connectivity index (χ1n) is 37.1. The van der Waals surface area contributed by atoms with Gasteiger partial charge in [-0.25, -0.2) is 0 Å². The van der Waals surface area contributed by atoms with E-state index in [0.29, 0.717) is 57.3 Å². The fourth-order valence-corrected chi connectivity index (χ4v) is 17.5. The van der Waals surface area contributed by atoms with E-state index < -0.39 is 0 Å². The molecule has 12 aromatic rings. The summed E-state index contributed by atoms with van der Waals surface area (Å²) in [7, 11) is 0. The van der Waals surface area contributed by atoms with Gasteiger partial charge in [0.25, 0.3) is 0 Å². The maximum atomic E-state index is 12.5. The van der Waals surface area contributed by atoms with Crippen LogP contribution in [0.4, 0.5) is 15.0 Å². The quantitative estimate of drug-likeness (QED) is 0.0589. The molecule has 16 heterocycles. The highest BCUT2D eigenvalue weighted by molar-refractivity contribution is 7.16. The molecule has 0 aliphatic carbocycles. The Morgan fingerprint density at radius 3 is 1.15 bits per heavy atom. The average molecular weight is 1550 g/mol. The van der Waals surface area contributed by atoms with E-state index >= 15 is 0 Å². The van der Waals surface area contributed by atoms with Crippen molar-refractivity contribution in [3.8, 4) is 45.0 Å². The Morgan fingerprint density at radius 2 is 0.755 bits per heavy atom. The molecule has 4 saturated heterocycles. The van der Waals surface area contributed by atoms with Gasteiger partial charge in [0, 0.05) is 255 Å². The summed E-state index contributed by atoms with van der Waals surface area (Å²) in [5.41, 5.74) is 10.0. The molecule has 110 heavy (non-hydrogen) atoms. The summed E-state index contributed by atoms with van der Waals surface area (Å²) in [6.45, 7) is 15.1. The number of carbonyl (C=O) groups is 4. The smallest absolute Gasteiger partial charge is 0.144 e. The molecule has 22 nitrogen and oxygen atoms in total. The highest BCUT2D eigenvalue weighted by atomic mass is 32.1. The molecule has 16 rings (SSSR count). The van der Waals surface area contributed by atoms with Crippen molar-refractivity contribution < 1.29 is 33.4 Å². The summed E-state index contributed by atoms with van der Waals surface area (Å²) in [4.78, 5) is 110. The number of Topliss-reactive ketones (excluding diaryl/α,β-unsaturated/α-hetero) is 4. The number of carbonyl (C=O) groups excluding carboxylic acids is 4. The molecule has 12 aromatic heterocycles. The van der Waals surface area contributed by atoms with Gasteiger partial charge in [-0.1, -0.05) is 6.07 Å². The van der Waals surface area contributed by atoms with Crippen LogP contribution < -0.4 is 20.0 Å². The van der Waals surface area contributed by atoms with Crippen LogP contribution in [0.25, 0.3) is 45.0 Å². The standard InChI is InChI=1S/C23H25N3O2S.C21H21N3O2S.C20H21N5OS.C20H20N4O2S/c1-16-14-26(15-17(2)28-16)23-9-8-21(29-23)12-20(27)11-19-7-6-18(13-25-19)22-5-3-4-10-24-22;25-18(12-19-3-4-21(27-19)15-5-9-26-10-6-15)11-17-2-1-16(13-24-17)20-14-22-7-8-23-20;26-17(12-18-3-4-20(27-18)25-9-7-21-8-10-25)11-16-2-1-15(13-24-16)19-14-22-5-6-23-19;25-17(12-18-3-4-20(27-18)24-7-9-26-10-8-24)11-16-2-1-15(13-23-16)19-14-21-5-6-22-19/h3-10,13,16-17H,11-12,14-15H2,1-2H3;1-4,7-8,13-15H,5-6,9-12H2;1-6,13-14,21H,7-12H2;1-6,13-14H,7-12H2. The molecular weight excluding hydrogens is 1460 g/mol. The molecule has 4 fully saturated rings. The Hall–Kier alpha value is -10.3. The highest BCUT2D eigenvalue weighted by Gasteiger charge is 2.25. The van der Waals surface area contributed by atoms with Gasteiger partial charge in [0.1, 0.15) is 23.1 Å². The normalized spacial score (nSPS) is 15.8. The fraction of sp³-hybridized carbons (Fsp3) is 0.321. The van der Waals surface area contributed by atoms with E-state index in [4.69, 9.17) is 14.2 Å². The van der Waals surface area contributed by atoms with Gasteiger partial charge < -0.3 is 34.2 Å². The zero-order chi connectivity index (χ0) is 75.6. The molecule has 0 aromatic carbocycles. The predicted octanol–water partition coefficient (Wildman–Crippen LogP) is 13.2. The van der Waals surface area contributed by atoms with Gasteiger partial charge in [-0.2, -0.15) is 0 Å². The second-order valence-corrected chi connectivity index (χ2v) is 31.8. The van der Waals surface area contributed by atoms with Crippen LogP contribution in [0, 0.1) is 0 Å². The van der Waals surface area contributed by atoms with Crippen LogP contribution in [0.5, 0.6) is 0 Å². The van der Waals surface area contributed by atoms with Crippen LogP contribution >= 0.6 is 45.3 Å². The van der Waals surface area contributed by atoms with E-state index in [-0.39, 0.29) is 35.3 Å². The highest BCUT2D eigenvalue weighted by Crippen LogP contribution is 2.34. The van der Waals surface area contributed by atoms with Crippen molar-refractivity contribution in [2.45, 2.75) is 96.2 Å². The molecule has 0 radical (unpaired) electrons. The lowest BCUT2D eigenvalue weighted by Gasteiger charge is -2.35. The summed E-state index contributed by atoms with van der Waals surface area (Å²) in [6, 6.07) is 38.0. The van der Waals surface area contributed by atoms with Crippen molar-refractivity contribution >= 4 is 83.5 Å². The van der Waals surface area contributed by atoms with E-state index in [1.807, 2.05) is 66.7 Å². The Kier molecular flexibility index (Phi) is 28.2. The van der Waals surface area contributed by atoms with Crippen molar-refractivity contribution in [1.29, 1.82) is 0 Å². The minimum Gasteiger partial charge on any atom is -0.381 e. The molecule has 564 valence electrons. The molecule has 0 saturated carbocycles. The zero-order valence-corrected chi connectivity index (χ0v) is 64.9. The van der Waals surface area contributed by atoms with E-state index in [2.05, 4.69) is 137 Å². The van der Waals surface area contributed by atoms with Crippen molar-refractivity contribution in [3.63, 3.8) is 0 Å². The number of anilines is 3.